The molecule has 7 rings (SSSR count). The summed E-state index contributed by atoms with van der Waals surface area (Å²) in [7, 11) is -0.660. The van der Waals surface area contributed by atoms with Crippen molar-refractivity contribution in [2.45, 2.75) is 88.1 Å². The van der Waals surface area contributed by atoms with Crippen molar-refractivity contribution in [3.05, 3.63) is 139 Å². The second kappa shape index (κ2) is 17.6. The Bertz CT molecular complexity index is 1420. The molecule has 2 fully saturated rings. The largest absolute Gasteiger partial charge is 2.00 e. The Balaban J connectivity index is 0.000000609. The van der Waals surface area contributed by atoms with E-state index in [9.17, 15) is 0 Å². The van der Waals surface area contributed by atoms with Crippen molar-refractivity contribution in [1.82, 2.24) is 0 Å². The topological polar surface area (TPSA) is 0 Å². The molecule has 0 aliphatic heterocycles. The number of hydrogen-bond donors (Lipinski definition) is 0. The van der Waals surface area contributed by atoms with Gasteiger partial charge in [0, 0.05) is 0 Å². The summed E-state index contributed by atoms with van der Waals surface area (Å²) >= 11 is 0. The maximum Gasteiger partial charge on any atom is 2.00 e. The monoisotopic (exact) mass is 670 g/mol. The van der Waals surface area contributed by atoms with Gasteiger partial charge in [-0.05, 0) is 61.2 Å². The Kier molecular flexibility index (Phi) is 13.3. The van der Waals surface area contributed by atoms with Crippen molar-refractivity contribution in [3.8, 4) is 11.1 Å². The first-order chi connectivity index (χ1) is 21.8. The molecule has 2 saturated carbocycles. The molecule has 0 aromatic heterocycles. The van der Waals surface area contributed by atoms with Crippen molar-refractivity contribution < 1.29 is 17.1 Å². The van der Waals surface area contributed by atoms with Gasteiger partial charge in [0.25, 0.3) is 0 Å². The van der Waals surface area contributed by atoms with Crippen LogP contribution in [0.25, 0.3) is 11.1 Å². The van der Waals surface area contributed by atoms with Crippen LogP contribution in [-0.2, 0) is 17.1 Å². The Morgan fingerprint density at radius 1 is 0.600 bits per heavy atom. The van der Waals surface area contributed by atoms with E-state index in [1.807, 2.05) is 30.3 Å². The molecule has 0 saturated heterocycles. The van der Waals surface area contributed by atoms with Gasteiger partial charge in [0.2, 0.25) is 0 Å². The maximum absolute atomic E-state index is 2.62. The molecule has 5 aromatic rings. The first kappa shape index (κ1) is 34.1. The first-order valence-electron chi connectivity index (χ1n) is 17.0. The normalized spacial score (nSPS) is 16.5. The third-order valence-electron chi connectivity index (χ3n) is 9.76. The molecule has 234 valence electrons. The minimum absolute atomic E-state index is 0. The Morgan fingerprint density at radius 3 is 1.62 bits per heavy atom. The summed E-state index contributed by atoms with van der Waals surface area (Å²) in [6.07, 6.45) is 14.6. The van der Waals surface area contributed by atoms with Crippen LogP contribution in [0.3, 0.4) is 0 Å². The fourth-order valence-electron chi connectivity index (χ4n) is 7.69. The van der Waals surface area contributed by atoms with Gasteiger partial charge in [-0.15, -0.1) is 29.3 Å². The van der Waals surface area contributed by atoms with Crippen LogP contribution in [0, 0.1) is 0 Å². The molecule has 1 unspecified atom stereocenters. The summed E-state index contributed by atoms with van der Waals surface area (Å²) in [6, 6.07) is 49.0. The fourth-order valence-corrected chi connectivity index (χ4v) is 14.5. The van der Waals surface area contributed by atoms with Gasteiger partial charge in [-0.3, -0.25) is 0 Å². The SMILES string of the molecule is CC(c1ccc[c-]1-c1ccccc1P(c1ccccc1)c1ccccc1)P(C1CCCCC1)C1CCCCC1.[Fe+2].c1cc[cH-]c1. The van der Waals surface area contributed by atoms with Gasteiger partial charge in [-0.2, -0.15) is 24.3 Å². The standard InChI is InChI=1S/C37H43P2.C5H5.Fe/c1-29(38(30-17-6-2-7-18-30)31-19-8-3-9-20-31)34-26-16-27-35(34)36-25-14-15-28-37(36)39(32-21-10-4-11-22-32)33-23-12-5-13-24-33;1-2-4-5-3-1;/h4-5,10-16,21-31H,2-3,6-9,17-20H2,1H3;1-5H;/q2*-1;+2. The van der Waals surface area contributed by atoms with E-state index in [1.54, 1.807) is 5.56 Å². The zero-order valence-corrected chi connectivity index (χ0v) is 29.6. The zero-order valence-electron chi connectivity index (χ0n) is 26.8. The van der Waals surface area contributed by atoms with Gasteiger partial charge in [0.1, 0.15) is 0 Å². The van der Waals surface area contributed by atoms with Gasteiger partial charge in [-0.25, -0.2) is 12.1 Å². The van der Waals surface area contributed by atoms with E-state index < -0.39 is 7.92 Å². The first-order valence-corrected chi connectivity index (χ1v) is 19.9. The second-order valence-corrected chi connectivity index (χ2v) is 17.9. The van der Waals surface area contributed by atoms with Crippen LogP contribution < -0.4 is 15.9 Å². The van der Waals surface area contributed by atoms with Gasteiger partial charge in [-0.1, -0.05) is 143 Å². The smallest absolute Gasteiger partial charge is 0.214 e. The summed E-state index contributed by atoms with van der Waals surface area (Å²) < 4.78 is 0. The minimum Gasteiger partial charge on any atom is -0.214 e. The molecule has 3 heteroatoms. The predicted molar refractivity (Wildman–Crippen MR) is 197 cm³/mol. The number of benzene rings is 3. The molecule has 0 amide bonds. The molecule has 5 aromatic carbocycles. The summed E-state index contributed by atoms with van der Waals surface area (Å²) in [5.41, 5.74) is 7.18. The summed E-state index contributed by atoms with van der Waals surface area (Å²) in [5.74, 6) is 0. The van der Waals surface area contributed by atoms with Crippen LogP contribution in [0.5, 0.6) is 0 Å². The van der Waals surface area contributed by atoms with E-state index in [-0.39, 0.29) is 25.0 Å². The van der Waals surface area contributed by atoms with E-state index in [2.05, 4.69) is 110 Å². The molecule has 0 spiro atoms. The van der Waals surface area contributed by atoms with Crippen molar-refractivity contribution in [3.63, 3.8) is 0 Å². The molecule has 0 bridgehead atoms. The van der Waals surface area contributed by atoms with Gasteiger partial charge >= 0.3 is 17.1 Å². The molecule has 0 N–H and O–H groups in total. The van der Waals surface area contributed by atoms with E-state index in [0.717, 1.165) is 11.3 Å². The van der Waals surface area contributed by atoms with Gasteiger partial charge in [0.05, 0.1) is 0 Å². The molecule has 45 heavy (non-hydrogen) atoms. The Morgan fingerprint density at radius 2 is 1.11 bits per heavy atom. The minimum atomic E-state index is -0.637. The van der Waals surface area contributed by atoms with Crippen molar-refractivity contribution in [2.75, 3.05) is 0 Å². The summed E-state index contributed by atoms with van der Waals surface area (Å²) in [6.45, 7) is 2.62. The molecule has 2 aliphatic rings. The molecule has 0 nitrogen and oxygen atoms in total. The maximum atomic E-state index is 2.62. The third-order valence-corrected chi connectivity index (χ3v) is 16.2. The van der Waals surface area contributed by atoms with Crippen LogP contribution in [0.15, 0.2) is 133 Å². The van der Waals surface area contributed by atoms with Gasteiger partial charge in [0.15, 0.2) is 0 Å². The van der Waals surface area contributed by atoms with E-state index in [4.69, 9.17) is 0 Å². The fraction of sp³-hybridized carbons (Fsp3) is 0.333. The van der Waals surface area contributed by atoms with Crippen molar-refractivity contribution in [1.29, 1.82) is 0 Å². The Hall–Kier alpha value is -2.26. The number of rotatable bonds is 8. The van der Waals surface area contributed by atoms with Crippen LogP contribution in [0.2, 0.25) is 0 Å². The zero-order chi connectivity index (χ0) is 30.0. The molecular weight excluding hydrogens is 622 g/mol. The van der Waals surface area contributed by atoms with Crippen LogP contribution in [0.1, 0.15) is 82.4 Å². The van der Waals surface area contributed by atoms with E-state index in [1.165, 1.54) is 91.2 Å². The van der Waals surface area contributed by atoms with Crippen molar-refractivity contribution >= 4 is 31.8 Å². The average molecular weight is 671 g/mol. The summed E-state index contributed by atoms with van der Waals surface area (Å²) in [4.78, 5) is 0. The Labute approximate surface area is 285 Å². The average Bonchev–Trinajstić information content (AvgIpc) is 3.84. The molecule has 1 atom stereocenters. The quantitative estimate of drug-likeness (QED) is 0.0876. The second-order valence-electron chi connectivity index (χ2n) is 12.6. The summed E-state index contributed by atoms with van der Waals surface area (Å²) in [5, 5.41) is 4.35. The molecular formula is C42H48FeP2. The van der Waals surface area contributed by atoms with Crippen molar-refractivity contribution in [2.24, 2.45) is 0 Å². The predicted octanol–water partition coefficient (Wildman–Crippen LogP) is 11.4. The van der Waals surface area contributed by atoms with E-state index >= 15 is 0 Å². The van der Waals surface area contributed by atoms with Gasteiger partial charge < -0.3 is 0 Å². The third kappa shape index (κ3) is 8.56. The molecule has 0 radical (unpaired) electrons. The van der Waals surface area contributed by atoms with Crippen LogP contribution >= 0.6 is 15.8 Å². The number of hydrogen-bond acceptors (Lipinski definition) is 0. The van der Waals surface area contributed by atoms with E-state index in [0.29, 0.717) is 5.66 Å². The van der Waals surface area contributed by atoms with Crippen LogP contribution in [0.4, 0.5) is 0 Å². The molecule has 0 heterocycles. The molecule has 2 aliphatic carbocycles. The van der Waals surface area contributed by atoms with Crippen LogP contribution in [-0.4, -0.2) is 11.3 Å².